The number of piperazine rings is 1. The molecule has 7 nitrogen and oxygen atoms in total. The number of hydrogen-bond donors (Lipinski definition) is 2. The van der Waals surface area contributed by atoms with Crippen molar-refractivity contribution in [2.45, 2.75) is 11.3 Å². The number of amides is 1. The van der Waals surface area contributed by atoms with Crippen molar-refractivity contribution in [1.29, 1.82) is 0 Å². The van der Waals surface area contributed by atoms with Crippen molar-refractivity contribution in [2.24, 2.45) is 0 Å². The van der Waals surface area contributed by atoms with Gasteiger partial charge in [-0.3, -0.25) is 9.52 Å². The molecule has 1 aliphatic rings. The number of para-hydroxylation sites is 1. The molecule has 8 heteroatoms. The summed E-state index contributed by atoms with van der Waals surface area (Å²) >= 11 is 0. The van der Waals surface area contributed by atoms with Gasteiger partial charge >= 0.3 is 0 Å². The predicted octanol–water partition coefficient (Wildman–Crippen LogP) is 1.85. The van der Waals surface area contributed by atoms with E-state index in [0.717, 1.165) is 39.1 Å². The van der Waals surface area contributed by atoms with Gasteiger partial charge in [-0.1, -0.05) is 18.2 Å². The third-order valence-corrected chi connectivity index (χ3v) is 6.38. The summed E-state index contributed by atoms with van der Waals surface area (Å²) in [6.45, 7) is 5.87. The highest BCUT2D eigenvalue weighted by Gasteiger charge is 2.16. The maximum atomic E-state index is 12.4. The lowest BCUT2D eigenvalue weighted by molar-refractivity contribution is 0.0949. The van der Waals surface area contributed by atoms with E-state index in [-0.39, 0.29) is 10.8 Å². The van der Waals surface area contributed by atoms with Crippen LogP contribution in [0.15, 0.2) is 59.5 Å². The number of nitrogens with zero attached hydrogens (tertiary/aromatic N) is 2. The normalized spacial score (nSPS) is 15.8. The zero-order valence-corrected chi connectivity index (χ0v) is 17.5. The first-order valence-corrected chi connectivity index (χ1v) is 11.3. The number of rotatable bonds is 8. The van der Waals surface area contributed by atoms with E-state index < -0.39 is 10.0 Å². The molecule has 0 unspecified atom stereocenters. The van der Waals surface area contributed by atoms with Crippen LogP contribution in [0.5, 0.6) is 0 Å². The van der Waals surface area contributed by atoms with E-state index in [9.17, 15) is 13.2 Å². The number of nitrogens with one attached hydrogen (secondary N) is 2. The Bertz CT molecular complexity index is 893. The third-order valence-electron chi connectivity index (χ3n) is 4.99. The van der Waals surface area contributed by atoms with Crippen LogP contribution >= 0.6 is 0 Å². The van der Waals surface area contributed by atoms with Crippen molar-refractivity contribution in [3.8, 4) is 0 Å². The largest absolute Gasteiger partial charge is 0.352 e. The maximum Gasteiger partial charge on any atom is 0.261 e. The van der Waals surface area contributed by atoms with Gasteiger partial charge in [0, 0.05) is 44.0 Å². The molecule has 156 valence electrons. The van der Waals surface area contributed by atoms with Crippen molar-refractivity contribution < 1.29 is 13.2 Å². The Labute approximate surface area is 172 Å². The lowest BCUT2D eigenvalue weighted by Crippen LogP contribution is -2.45. The summed E-state index contributed by atoms with van der Waals surface area (Å²) in [6, 6.07) is 14.7. The summed E-state index contributed by atoms with van der Waals surface area (Å²) in [5, 5.41) is 2.90. The first-order valence-electron chi connectivity index (χ1n) is 9.81. The summed E-state index contributed by atoms with van der Waals surface area (Å²) in [6.07, 6.45) is 0.892. The van der Waals surface area contributed by atoms with Crippen LogP contribution in [0.25, 0.3) is 0 Å². The van der Waals surface area contributed by atoms with E-state index in [4.69, 9.17) is 0 Å². The first-order chi connectivity index (χ1) is 13.9. The van der Waals surface area contributed by atoms with Gasteiger partial charge in [-0.2, -0.15) is 0 Å². The standard InChI is InChI=1S/C21H28N4O3S/c1-24-14-16-25(17-15-24)13-5-12-22-21(26)18-8-10-20(11-9-18)29(27,28)23-19-6-3-2-4-7-19/h2-4,6-11,23H,5,12-17H2,1H3,(H,22,26). The van der Waals surface area contributed by atoms with Crippen LogP contribution in [0, 0.1) is 0 Å². The fourth-order valence-corrected chi connectivity index (χ4v) is 4.24. The van der Waals surface area contributed by atoms with Crippen LogP contribution in [-0.4, -0.2) is 70.4 Å². The van der Waals surface area contributed by atoms with E-state index in [1.807, 2.05) is 6.07 Å². The highest BCUT2D eigenvalue weighted by atomic mass is 32.2. The van der Waals surface area contributed by atoms with Gasteiger partial charge in [0.15, 0.2) is 0 Å². The monoisotopic (exact) mass is 416 g/mol. The summed E-state index contributed by atoms with van der Waals surface area (Å²) in [5.74, 6) is -0.191. The fraction of sp³-hybridized carbons (Fsp3) is 0.381. The van der Waals surface area contributed by atoms with Gasteiger partial charge in [-0.05, 0) is 56.4 Å². The van der Waals surface area contributed by atoms with Gasteiger partial charge in [-0.25, -0.2) is 8.42 Å². The molecule has 0 spiro atoms. The molecule has 1 amide bonds. The Balaban J connectivity index is 1.47. The SMILES string of the molecule is CN1CCN(CCCNC(=O)c2ccc(S(=O)(=O)Nc3ccccc3)cc2)CC1. The quantitative estimate of drug-likeness (QED) is 0.642. The fourth-order valence-electron chi connectivity index (χ4n) is 3.18. The molecule has 1 heterocycles. The second-order valence-electron chi connectivity index (χ2n) is 7.25. The molecule has 3 rings (SSSR count). The molecule has 1 saturated heterocycles. The Morgan fingerprint density at radius 3 is 2.28 bits per heavy atom. The Kier molecular flexibility index (Phi) is 7.24. The van der Waals surface area contributed by atoms with Crippen molar-refractivity contribution in [2.75, 3.05) is 51.0 Å². The van der Waals surface area contributed by atoms with E-state index in [1.165, 1.54) is 24.3 Å². The average molecular weight is 417 g/mol. The molecule has 0 aliphatic carbocycles. The second kappa shape index (κ2) is 9.87. The van der Waals surface area contributed by atoms with Crippen LogP contribution in [0.1, 0.15) is 16.8 Å². The molecule has 0 aromatic heterocycles. The summed E-state index contributed by atoms with van der Waals surface area (Å²) in [7, 11) is -1.55. The first kappa shape index (κ1) is 21.3. The molecule has 2 aromatic carbocycles. The molecule has 2 N–H and O–H groups in total. The smallest absolute Gasteiger partial charge is 0.261 e. The lowest BCUT2D eigenvalue weighted by atomic mass is 10.2. The number of hydrogen-bond acceptors (Lipinski definition) is 5. The van der Waals surface area contributed by atoms with E-state index in [0.29, 0.717) is 17.8 Å². The molecule has 29 heavy (non-hydrogen) atoms. The van der Waals surface area contributed by atoms with Gasteiger partial charge in [0.05, 0.1) is 4.90 Å². The van der Waals surface area contributed by atoms with Crippen LogP contribution in [0.4, 0.5) is 5.69 Å². The van der Waals surface area contributed by atoms with Crippen LogP contribution in [0.2, 0.25) is 0 Å². The molecule has 0 saturated carbocycles. The third kappa shape index (κ3) is 6.28. The van der Waals surface area contributed by atoms with Gasteiger partial charge < -0.3 is 15.1 Å². The van der Waals surface area contributed by atoms with Crippen molar-refractivity contribution in [3.05, 3.63) is 60.2 Å². The van der Waals surface area contributed by atoms with Crippen molar-refractivity contribution in [3.63, 3.8) is 0 Å². The van der Waals surface area contributed by atoms with Gasteiger partial charge in [0.25, 0.3) is 15.9 Å². The number of anilines is 1. The van der Waals surface area contributed by atoms with E-state index in [2.05, 4.69) is 26.9 Å². The van der Waals surface area contributed by atoms with Gasteiger partial charge in [0.2, 0.25) is 0 Å². The molecular formula is C21H28N4O3S. The topological polar surface area (TPSA) is 81.8 Å². The predicted molar refractivity (Wildman–Crippen MR) is 115 cm³/mol. The molecule has 0 bridgehead atoms. The lowest BCUT2D eigenvalue weighted by Gasteiger charge is -2.32. The van der Waals surface area contributed by atoms with Crippen molar-refractivity contribution >= 4 is 21.6 Å². The zero-order chi connectivity index (χ0) is 20.7. The number of likely N-dealkylation sites (N-methyl/N-ethyl adjacent to an activating group) is 1. The summed E-state index contributed by atoms with van der Waals surface area (Å²) < 4.78 is 27.4. The second-order valence-corrected chi connectivity index (χ2v) is 8.93. The average Bonchev–Trinajstić information content (AvgIpc) is 2.73. The van der Waals surface area contributed by atoms with Crippen molar-refractivity contribution in [1.82, 2.24) is 15.1 Å². The Hall–Kier alpha value is -2.42. The zero-order valence-electron chi connectivity index (χ0n) is 16.7. The maximum absolute atomic E-state index is 12.4. The molecule has 0 radical (unpaired) electrons. The minimum Gasteiger partial charge on any atom is -0.352 e. The summed E-state index contributed by atoms with van der Waals surface area (Å²) in [4.78, 5) is 17.1. The van der Waals surface area contributed by atoms with Gasteiger partial charge in [-0.15, -0.1) is 0 Å². The minimum absolute atomic E-state index is 0.118. The van der Waals surface area contributed by atoms with E-state index >= 15 is 0 Å². The number of carbonyl (C=O) groups is 1. The number of benzene rings is 2. The molecular weight excluding hydrogens is 388 g/mol. The molecule has 1 fully saturated rings. The molecule has 2 aromatic rings. The Morgan fingerprint density at radius 2 is 1.62 bits per heavy atom. The van der Waals surface area contributed by atoms with Crippen LogP contribution in [0.3, 0.4) is 0 Å². The number of sulfonamides is 1. The highest BCUT2D eigenvalue weighted by molar-refractivity contribution is 7.92. The number of carbonyl (C=O) groups excluding carboxylic acids is 1. The molecule has 0 atom stereocenters. The summed E-state index contributed by atoms with van der Waals surface area (Å²) in [5.41, 5.74) is 0.943. The minimum atomic E-state index is -3.68. The molecule has 1 aliphatic heterocycles. The Morgan fingerprint density at radius 1 is 0.966 bits per heavy atom. The van der Waals surface area contributed by atoms with E-state index in [1.54, 1.807) is 24.3 Å². The van der Waals surface area contributed by atoms with Crippen LogP contribution in [-0.2, 0) is 10.0 Å². The van der Waals surface area contributed by atoms with Crippen LogP contribution < -0.4 is 10.0 Å². The highest BCUT2D eigenvalue weighted by Crippen LogP contribution is 2.16. The van der Waals surface area contributed by atoms with Gasteiger partial charge in [0.1, 0.15) is 0 Å².